The lowest BCUT2D eigenvalue weighted by atomic mass is 10.1. The number of hydrogen-bond donors (Lipinski definition) is 1. The van der Waals surface area contributed by atoms with E-state index in [0.717, 1.165) is 6.07 Å². The molecule has 2 rings (SSSR count). The van der Waals surface area contributed by atoms with Crippen molar-refractivity contribution in [3.05, 3.63) is 62.6 Å². The van der Waals surface area contributed by atoms with E-state index < -0.39 is 17.5 Å². The second kappa shape index (κ2) is 5.89. The first-order valence-electron chi connectivity index (χ1n) is 5.60. The maximum atomic E-state index is 13.6. The molecule has 0 atom stereocenters. The van der Waals surface area contributed by atoms with Crippen molar-refractivity contribution in [3.8, 4) is 0 Å². The summed E-state index contributed by atoms with van der Waals surface area (Å²) in [4.78, 5) is 12.0. The molecule has 0 aliphatic rings. The third kappa shape index (κ3) is 3.16. The Bertz CT molecular complexity index is 691. The fraction of sp³-hybridized carbons (Fsp3) is 0.0714. The average Bonchev–Trinajstić information content (AvgIpc) is 2.35. The van der Waals surface area contributed by atoms with Crippen molar-refractivity contribution in [2.24, 2.45) is 0 Å². The predicted octanol–water partition coefficient (Wildman–Crippen LogP) is 4.94. The molecule has 2 aromatic rings. The van der Waals surface area contributed by atoms with Crippen LogP contribution in [-0.4, -0.2) is 5.91 Å². The van der Waals surface area contributed by atoms with E-state index in [4.69, 9.17) is 11.6 Å². The first-order valence-corrected chi connectivity index (χ1v) is 6.77. The van der Waals surface area contributed by atoms with Crippen LogP contribution in [0.4, 0.5) is 14.5 Å². The molecule has 0 saturated carbocycles. The van der Waals surface area contributed by atoms with Gasteiger partial charge in [0.25, 0.3) is 5.91 Å². The molecule has 20 heavy (non-hydrogen) atoms. The lowest BCUT2D eigenvalue weighted by Gasteiger charge is -2.10. The van der Waals surface area contributed by atoms with Crippen LogP contribution < -0.4 is 5.32 Å². The van der Waals surface area contributed by atoms with Gasteiger partial charge in [0.2, 0.25) is 0 Å². The summed E-state index contributed by atoms with van der Waals surface area (Å²) in [5, 5.41) is 2.67. The van der Waals surface area contributed by atoms with Crippen molar-refractivity contribution in [2.45, 2.75) is 6.92 Å². The summed E-state index contributed by atoms with van der Waals surface area (Å²) in [5.74, 6) is -1.91. The first kappa shape index (κ1) is 14.9. The number of aryl methyl sites for hydroxylation is 1. The number of nitrogens with one attached hydrogen (secondary N) is 1. The van der Waals surface area contributed by atoms with Crippen molar-refractivity contribution in [2.75, 3.05) is 5.32 Å². The number of anilines is 1. The standard InChI is InChI=1S/C14H9BrClF2NO/c1-7-4-10(15)12(18)6-13(7)19-14(20)9-3-2-8(16)5-11(9)17/h2-6H,1H3,(H,19,20). The zero-order chi connectivity index (χ0) is 14.9. The van der Waals surface area contributed by atoms with E-state index in [-0.39, 0.29) is 16.3 Å². The van der Waals surface area contributed by atoms with Crippen LogP contribution in [0.1, 0.15) is 15.9 Å². The number of carbonyl (C=O) groups is 1. The van der Waals surface area contributed by atoms with E-state index in [1.165, 1.54) is 24.3 Å². The van der Waals surface area contributed by atoms with Crippen molar-refractivity contribution < 1.29 is 13.6 Å². The van der Waals surface area contributed by atoms with E-state index in [1.807, 2.05) is 0 Å². The van der Waals surface area contributed by atoms with Gasteiger partial charge in [-0.3, -0.25) is 4.79 Å². The van der Waals surface area contributed by atoms with Crippen LogP contribution in [0.2, 0.25) is 5.02 Å². The summed E-state index contributed by atoms with van der Waals surface area (Å²) in [7, 11) is 0. The van der Waals surface area contributed by atoms with Crippen LogP contribution in [0.3, 0.4) is 0 Å². The molecule has 0 saturated heterocycles. The quantitative estimate of drug-likeness (QED) is 0.807. The van der Waals surface area contributed by atoms with Gasteiger partial charge in [0.15, 0.2) is 0 Å². The van der Waals surface area contributed by atoms with Crippen molar-refractivity contribution in [1.82, 2.24) is 0 Å². The van der Waals surface area contributed by atoms with Gasteiger partial charge in [0.05, 0.1) is 10.0 Å². The molecule has 0 aliphatic heterocycles. The summed E-state index contributed by atoms with van der Waals surface area (Å²) in [6.07, 6.45) is 0. The Morgan fingerprint density at radius 1 is 1.20 bits per heavy atom. The Kier molecular flexibility index (Phi) is 4.40. The minimum absolute atomic E-state index is 0.155. The minimum atomic E-state index is -0.731. The third-order valence-electron chi connectivity index (χ3n) is 2.69. The van der Waals surface area contributed by atoms with Crippen molar-refractivity contribution in [3.63, 3.8) is 0 Å². The van der Waals surface area contributed by atoms with Crippen LogP contribution in [0, 0.1) is 18.6 Å². The molecule has 2 nitrogen and oxygen atoms in total. The number of hydrogen-bond acceptors (Lipinski definition) is 1. The molecule has 0 aliphatic carbocycles. The van der Waals surface area contributed by atoms with E-state index in [9.17, 15) is 13.6 Å². The highest BCUT2D eigenvalue weighted by atomic mass is 79.9. The molecule has 2 aromatic carbocycles. The summed E-state index contributed by atoms with van der Waals surface area (Å²) in [6.45, 7) is 1.71. The number of rotatable bonds is 2. The highest BCUT2D eigenvalue weighted by Gasteiger charge is 2.14. The summed E-state index contributed by atoms with van der Waals surface area (Å²) < 4.78 is 27.4. The monoisotopic (exact) mass is 359 g/mol. The highest BCUT2D eigenvalue weighted by molar-refractivity contribution is 9.10. The Balaban J connectivity index is 2.30. The molecule has 1 N–H and O–H groups in total. The average molecular weight is 361 g/mol. The minimum Gasteiger partial charge on any atom is -0.322 e. The lowest BCUT2D eigenvalue weighted by Crippen LogP contribution is -2.14. The zero-order valence-electron chi connectivity index (χ0n) is 10.3. The number of amides is 1. The first-order chi connectivity index (χ1) is 9.38. The van der Waals surface area contributed by atoms with Gasteiger partial charge in [-0.25, -0.2) is 8.78 Å². The van der Waals surface area contributed by atoms with Crippen LogP contribution in [-0.2, 0) is 0 Å². The second-order valence-electron chi connectivity index (χ2n) is 4.16. The molecular formula is C14H9BrClF2NO. The Hall–Kier alpha value is -1.46. The fourth-order valence-electron chi connectivity index (χ4n) is 1.64. The Labute approximate surface area is 127 Å². The van der Waals surface area contributed by atoms with Gasteiger partial charge >= 0.3 is 0 Å². The van der Waals surface area contributed by atoms with Gasteiger partial charge in [-0.15, -0.1) is 0 Å². The molecule has 0 bridgehead atoms. The molecule has 0 unspecified atom stereocenters. The van der Waals surface area contributed by atoms with Gasteiger partial charge in [0, 0.05) is 10.7 Å². The summed E-state index contributed by atoms with van der Waals surface area (Å²) in [6, 6.07) is 6.44. The van der Waals surface area contributed by atoms with Gasteiger partial charge < -0.3 is 5.32 Å². The number of halogens is 4. The largest absolute Gasteiger partial charge is 0.322 e. The predicted molar refractivity (Wildman–Crippen MR) is 78.2 cm³/mol. The topological polar surface area (TPSA) is 29.1 Å². The molecule has 0 fully saturated rings. The maximum absolute atomic E-state index is 13.6. The van der Waals surface area contributed by atoms with Gasteiger partial charge in [0.1, 0.15) is 11.6 Å². The van der Waals surface area contributed by atoms with E-state index in [1.54, 1.807) is 6.92 Å². The summed E-state index contributed by atoms with van der Waals surface area (Å²) >= 11 is 8.67. The molecule has 6 heteroatoms. The van der Waals surface area contributed by atoms with E-state index in [0.29, 0.717) is 10.0 Å². The van der Waals surface area contributed by atoms with Gasteiger partial charge in [-0.05, 0) is 58.7 Å². The number of carbonyl (C=O) groups excluding carboxylic acids is 1. The zero-order valence-corrected chi connectivity index (χ0v) is 12.6. The Morgan fingerprint density at radius 2 is 1.90 bits per heavy atom. The molecule has 0 aromatic heterocycles. The second-order valence-corrected chi connectivity index (χ2v) is 5.45. The van der Waals surface area contributed by atoms with E-state index >= 15 is 0 Å². The highest BCUT2D eigenvalue weighted by Crippen LogP contribution is 2.25. The van der Waals surface area contributed by atoms with Crippen molar-refractivity contribution in [1.29, 1.82) is 0 Å². The summed E-state index contributed by atoms with van der Waals surface area (Å²) in [5.41, 5.74) is 0.781. The SMILES string of the molecule is Cc1cc(Br)c(F)cc1NC(=O)c1ccc(Cl)cc1F. The van der Waals surface area contributed by atoms with Crippen LogP contribution in [0.5, 0.6) is 0 Å². The molecule has 0 radical (unpaired) electrons. The Morgan fingerprint density at radius 3 is 2.55 bits per heavy atom. The van der Waals surface area contributed by atoms with Crippen LogP contribution in [0.15, 0.2) is 34.8 Å². The fourth-order valence-corrected chi connectivity index (χ4v) is 2.26. The maximum Gasteiger partial charge on any atom is 0.258 e. The van der Waals surface area contributed by atoms with E-state index in [2.05, 4.69) is 21.2 Å². The van der Waals surface area contributed by atoms with Crippen LogP contribution >= 0.6 is 27.5 Å². The normalized spacial score (nSPS) is 10.4. The van der Waals surface area contributed by atoms with Crippen molar-refractivity contribution >= 4 is 39.1 Å². The number of benzene rings is 2. The molecule has 0 heterocycles. The molecule has 104 valence electrons. The third-order valence-corrected chi connectivity index (χ3v) is 3.53. The smallest absolute Gasteiger partial charge is 0.258 e. The molecular weight excluding hydrogens is 352 g/mol. The molecule has 1 amide bonds. The van der Waals surface area contributed by atoms with Gasteiger partial charge in [-0.2, -0.15) is 0 Å². The lowest BCUT2D eigenvalue weighted by molar-refractivity contribution is 0.102. The van der Waals surface area contributed by atoms with Gasteiger partial charge in [-0.1, -0.05) is 11.6 Å². The van der Waals surface area contributed by atoms with Crippen LogP contribution in [0.25, 0.3) is 0 Å². The molecule has 0 spiro atoms.